The van der Waals surface area contributed by atoms with Gasteiger partial charge in [0, 0.05) is 17.2 Å². The van der Waals surface area contributed by atoms with E-state index < -0.39 is 10.0 Å². The Morgan fingerprint density at radius 3 is 2.42 bits per heavy atom. The molecule has 0 atom stereocenters. The van der Waals surface area contributed by atoms with Crippen LogP contribution in [0.25, 0.3) is 0 Å². The Hall–Kier alpha value is -2.02. The number of rotatable bonds is 7. The number of benzene rings is 1. The van der Waals surface area contributed by atoms with E-state index in [1.165, 1.54) is 12.1 Å². The first-order valence-corrected chi connectivity index (χ1v) is 9.52. The fourth-order valence-corrected chi connectivity index (χ4v) is 3.00. The molecule has 0 saturated heterocycles. The molecule has 132 valence electrons. The van der Waals surface area contributed by atoms with Crippen LogP contribution in [-0.2, 0) is 15.4 Å². The number of sulfonamides is 1. The zero-order valence-electron chi connectivity index (χ0n) is 14.6. The summed E-state index contributed by atoms with van der Waals surface area (Å²) in [4.78, 5) is 0.172. The number of H-pyrrole nitrogens is 1. The van der Waals surface area contributed by atoms with Gasteiger partial charge < -0.3 is 4.74 Å². The van der Waals surface area contributed by atoms with Gasteiger partial charge in [-0.1, -0.05) is 34.1 Å². The topological polar surface area (TPSA) is 84.1 Å². The summed E-state index contributed by atoms with van der Waals surface area (Å²) < 4.78 is 32.9. The van der Waals surface area contributed by atoms with E-state index >= 15 is 0 Å². The van der Waals surface area contributed by atoms with Gasteiger partial charge in [0.15, 0.2) is 5.82 Å². The van der Waals surface area contributed by atoms with E-state index in [2.05, 4.69) is 21.8 Å². The number of aromatic amines is 1. The number of hydrogen-bond acceptors (Lipinski definition) is 4. The maximum absolute atomic E-state index is 12.4. The highest BCUT2D eigenvalue weighted by atomic mass is 32.2. The number of hydrogen-bond donors (Lipinski definition) is 2. The minimum atomic E-state index is -3.68. The summed E-state index contributed by atoms with van der Waals surface area (Å²) in [6.45, 7) is 8.79. The third-order valence-electron chi connectivity index (χ3n) is 3.53. The summed E-state index contributed by atoms with van der Waals surface area (Å²) in [5.41, 5.74) is 0.730. The standard InChI is InChI=1S/C17H25N3O3S/c1-5-6-11-23-13-7-9-14(10-8-13)24(21,22)20-16-12-15(18-19-16)17(2,3)4/h7-10,12H,5-6,11H2,1-4H3,(H2,18,19,20). The second-order valence-corrected chi connectivity index (χ2v) is 8.38. The Kier molecular flexibility index (Phi) is 5.54. The predicted molar refractivity (Wildman–Crippen MR) is 94.9 cm³/mol. The zero-order chi connectivity index (χ0) is 17.8. The van der Waals surface area contributed by atoms with Crippen molar-refractivity contribution in [3.8, 4) is 5.75 Å². The summed E-state index contributed by atoms with van der Waals surface area (Å²) in [5, 5.41) is 6.88. The first-order chi connectivity index (χ1) is 11.2. The molecular formula is C17H25N3O3S. The summed E-state index contributed by atoms with van der Waals surface area (Å²) in [6, 6.07) is 8.09. The highest BCUT2D eigenvalue weighted by Gasteiger charge is 2.20. The molecule has 0 bridgehead atoms. The number of ether oxygens (including phenoxy) is 1. The van der Waals surface area contributed by atoms with Crippen LogP contribution in [0.1, 0.15) is 46.2 Å². The van der Waals surface area contributed by atoms with Gasteiger partial charge in [0.2, 0.25) is 0 Å². The molecule has 0 aliphatic heterocycles. The fraction of sp³-hybridized carbons (Fsp3) is 0.471. The van der Waals surface area contributed by atoms with E-state index in [1.54, 1.807) is 18.2 Å². The molecule has 0 unspecified atom stereocenters. The van der Waals surface area contributed by atoms with Gasteiger partial charge in [0.1, 0.15) is 5.75 Å². The average molecular weight is 351 g/mol. The molecule has 0 fully saturated rings. The van der Waals surface area contributed by atoms with Crippen LogP contribution in [0.2, 0.25) is 0 Å². The van der Waals surface area contributed by atoms with Gasteiger partial charge in [0.25, 0.3) is 10.0 Å². The molecule has 0 aliphatic rings. The summed E-state index contributed by atoms with van der Waals surface area (Å²) in [5.74, 6) is 0.945. The van der Waals surface area contributed by atoms with Gasteiger partial charge >= 0.3 is 0 Å². The van der Waals surface area contributed by atoms with E-state index in [0.29, 0.717) is 12.4 Å². The second kappa shape index (κ2) is 7.25. The molecule has 2 N–H and O–H groups in total. The zero-order valence-corrected chi connectivity index (χ0v) is 15.4. The Balaban J connectivity index is 2.08. The van der Waals surface area contributed by atoms with Crippen molar-refractivity contribution >= 4 is 15.8 Å². The van der Waals surface area contributed by atoms with E-state index in [1.807, 2.05) is 20.8 Å². The Bertz CT molecular complexity index is 759. The summed E-state index contributed by atoms with van der Waals surface area (Å²) in [7, 11) is -3.68. The lowest BCUT2D eigenvalue weighted by Crippen LogP contribution is -2.13. The minimum absolute atomic E-state index is 0.131. The van der Waals surface area contributed by atoms with Crippen LogP contribution in [0, 0.1) is 0 Å². The van der Waals surface area contributed by atoms with E-state index in [4.69, 9.17) is 4.74 Å². The van der Waals surface area contributed by atoms with E-state index in [0.717, 1.165) is 18.5 Å². The maximum atomic E-state index is 12.4. The van der Waals surface area contributed by atoms with Gasteiger partial charge in [-0.05, 0) is 30.7 Å². The lowest BCUT2D eigenvalue weighted by Gasteiger charge is -2.14. The quantitative estimate of drug-likeness (QED) is 0.745. The van der Waals surface area contributed by atoms with Crippen LogP contribution in [0.4, 0.5) is 5.82 Å². The molecule has 0 spiro atoms. The highest BCUT2D eigenvalue weighted by Crippen LogP contribution is 2.24. The van der Waals surface area contributed by atoms with E-state index in [9.17, 15) is 8.42 Å². The molecule has 7 heteroatoms. The van der Waals surface area contributed by atoms with E-state index in [-0.39, 0.29) is 16.1 Å². The molecule has 1 aromatic heterocycles. The van der Waals surface area contributed by atoms with Crippen LogP contribution in [0.3, 0.4) is 0 Å². The smallest absolute Gasteiger partial charge is 0.263 e. The summed E-state index contributed by atoms with van der Waals surface area (Å²) >= 11 is 0. The number of nitrogens with zero attached hydrogens (tertiary/aromatic N) is 1. The normalized spacial score (nSPS) is 12.2. The molecule has 24 heavy (non-hydrogen) atoms. The third-order valence-corrected chi connectivity index (χ3v) is 4.90. The maximum Gasteiger partial charge on any atom is 0.263 e. The number of nitrogens with one attached hydrogen (secondary N) is 2. The van der Waals surface area contributed by atoms with Gasteiger partial charge in [0.05, 0.1) is 11.5 Å². The first kappa shape index (κ1) is 18.3. The van der Waals surface area contributed by atoms with Gasteiger partial charge in [-0.25, -0.2) is 8.42 Å². The lowest BCUT2D eigenvalue weighted by molar-refractivity contribution is 0.309. The van der Waals surface area contributed by atoms with Crippen LogP contribution < -0.4 is 9.46 Å². The molecule has 0 amide bonds. The highest BCUT2D eigenvalue weighted by molar-refractivity contribution is 7.92. The third kappa shape index (κ3) is 4.74. The minimum Gasteiger partial charge on any atom is -0.494 e. The van der Waals surface area contributed by atoms with Crippen molar-refractivity contribution in [2.45, 2.75) is 50.8 Å². The molecule has 2 rings (SSSR count). The van der Waals surface area contributed by atoms with Crippen LogP contribution in [0.5, 0.6) is 5.75 Å². The first-order valence-electron chi connectivity index (χ1n) is 8.04. The predicted octanol–water partition coefficient (Wildman–Crippen LogP) is 3.69. The second-order valence-electron chi connectivity index (χ2n) is 6.70. The molecule has 0 saturated carbocycles. The largest absolute Gasteiger partial charge is 0.494 e. The van der Waals surface area contributed by atoms with Crippen molar-refractivity contribution in [1.29, 1.82) is 0 Å². The molecule has 0 aliphatic carbocycles. The van der Waals surface area contributed by atoms with Crippen molar-refractivity contribution in [3.63, 3.8) is 0 Å². The van der Waals surface area contributed by atoms with Crippen molar-refractivity contribution in [1.82, 2.24) is 10.2 Å². The number of unbranched alkanes of at least 4 members (excludes halogenated alkanes) is 1. The van der Waals surface area contributed by atoms with Crippen molar-refractivity contribution in [3.05, 3.63) is 36.0 Å². The Labute approximate surface area is 143 Å². The van der Waals surface area contributed by atoms with Gasteiger partial charge in [-0.3, -0.25) is 9.82 Å². The average Bonchev–Trinajstić information content (AvgIpc) is 2.96. The van der Waals surface area contributed by atoms with Crippen LogP contribution in [-0.4, -0.2) is 25.2 Å². The Morgan fingerprint density at radius 1 is 1.21 bits per heavy atom. The van der Waals surface area contributed by atoms with Gasteiger partial charge in [-0.15, -0.1) is 0 Å². The number of anilines is 1. The Morgan fingerprint density at radius 2 is 1.88 bits per heavy atom. The van der Waals surface area contributed by atoms with Crippen molar-refractivity contribution in [2.24, 2.45) is 0 Å². The SMILES string of the molecule is CCCCOc1ccc(S(=O)(=O)Nc2cc(C(C)(C)C)[nH]n2)cc1. The molecule has 0 radical (unpaired) electrons. The monoisotopic (exact) mass is 351 g/mol. The molecule has 1 aromatic carbocycles. The van der Waals surface area contributed by atoms with Crippen molar-refractivity contribution in [2.75, 3.05) is 11.3 Å². The van der Waals surface area contributed by atoms with Gasteiger partial charge in [-0.2, -0.15) is 5.10 Å². The lowest BCUT2D eigenvalue weighted by atomic mass is 9.92. The molecule has 6 nitrogen and oxygen atoms in total. The van der Waals surface area contributed by atoms with Crippen molar-refractivity contribution < 1.29 is 13.2 Å². The molecule has 2 aromatic rings. The van der Waals surface area contributed by atoms with Crippen LogP contribution >= 0.6 is 0 Å². The summed E-state index contributed by atoms with van der Waals surface area (Å²) in [6.07, 6.45) is 2.02. The number of aromatic nitrogens is 2. The van der Waals surface area contributed by atoms with Crippen LogP contribution in [0.15, 0.2) is 35.2 Å². The molecular weight excluding hydrogens is 326 g/mol. The fourth-order valence-electron chi connectivity index (χ4n) is 2.00. The molecule has 1 heterocycles.